The van der Waals surface area contributed by atoms with E-state index in [1.54, 1.807) is 0 Å². The van der Waals surface area contributed by atoms with Gasteiger partial charge in [0, 0.05) is 0 Å². The molecule has 0 rings (SSSR count). The molecule has 0 aromatic carbocycles. The maximum absolute atomic E-state index is 10.4. The first kappa shape index (κ1) is 14.0. The summed E-state index contributed by atoms with van der Waals surface area (Å²) in [4.78, 5) is 17.1. The van der Waals surface area contributed by atoms with E-state index in [9.17, 15) is 4.57 Å². The third kappa shape index (κ3) is 12.1. The summed E-state index contributed by atoms with van der Waals surface area (Å²) in [6.07, 6.45) is 0. The molecule has 64 valence electrons. The topological polar surface area (TPSA) is 57.5 Å². The van der Waals surface area contributed by atoms with Crippen LogP contribution in [0.15, 0.2) is 0 Å². The van der Waals surface area contributed by atoms with Gasteiger partial charge in [-0.1, -0.05) is 0 Å². The van der Waals surface area contributed by atoms with Gasteiger partial charge in [0.25, 0.3) is 0 Å². The fourth-order valence-electron chi connectivity index (χ4n) is 0.553. The van der Waals surface area contributed by atoms with Crippen LogP contribution in [-0.4, -0.2) is 28.3 Å². The van der Waals surface area contributed by atoms with Gasteiger partial charge in [-0.25, -0.2) is 0 Å². The molecule has 0 aromatic rings. The monoisotopic (exact) mass is 342 g/mol. The van der Waals surface area contributed by atoms with Gasteiger partial charge in [0.05, 0.1) is 0 Å². The average molecular weight is 342 g/mol. The Hall–Kier alpha value is 1.44. The van der Waals surface area contributed by atoms with Crippen molar-refractivity contribution < 1.29 is 38.3 Å². The standard InChI is InChI=1S/C4H12AsO3P.HI/c1-5(2,3)4-9(6,7)8;/h4H2,1-3H3,(H-,6,7,8);1H. The molecule has 2 N–H and O–H groups in total. The van der Waals surface area contributed by atoms with E-state index in [2.05, 4.69) is 0 Å². The quantitative estimate of drug-likeness (QED) is 0.348. The SMILES string of the molecule is C[As+](C)(C)CP(=O)(O)O.[I-]. The van der Waals surface area contributed by atoms with Gasteiger partial charge in [-0.3, -0.25) is 0 Å². The molecular weight excluding hydrogens is 329 g/mol. The Morgan fingerprint density at radius 3 is 1.60 bits per heavy atom. The van der Waals surface area contributed by atoms with Gasteiger partial charge >= 0.3 is 57.6 Å². The molecule has 0 aliphatic carbocycles. The van der Waals surface area contributed by atoms with Crippen LogP contribution in [0, 0.1) is 0 Å². The molecule has 0 heterocycles. The molecule has 10 heavy (non-hydrogen) atoms. The van der Waals surface area contributed by atoms with E-state index in [0.717, 1.165) is 0 Å². The first-order valence-corrected chi connectivity index (χ1v) is 11.3. The van der Waals surface area contributed by atoms with Crippen molar-refractivity contribution in [2.24, 2.45) is 0 Å². The summed E-state index contributed by atoms with van der Waals surface area (Å²) >= 11 is -1.86. The summed E-state index contributed by atoms with van der Waals surface area (Å²) in [5.74, 6) is 0. The second-order valence-corrected chi connectivity index (χ2v) is 16.1. The van der Waals surface area contributed by atoms with Crippen molar-refractivity contribution >= 4 is 21.1 Å². The molecule has 0 saturated heterocycles. The number of hydrogen-bond donors (Lipinski definition) is 2. The summed E-state index contributed by atoms with van der Waals surface area (Å²) in [5, 5.41) is 0. The first-order chi connectivity index (χ1) is 3.71. The second-order valence-electron chi connectivity index (χ2n) is 3.10. The largest absolute Gasteiger partial charge is 1.00 e. The minimum absolute atomic E-state index is 0. The summed E-state index contributed by atoms with van der Waals surface area (Å²) in [6.45, 7) is 0. The van der Waals surface area contributed by atoms with Gasteiger partial charge in [-0.05, 0) is 0 Å². The Bertz CT molecular complexity index is 138. The molecule has 0 aromatic heterocycles. The Balaban J connectivity index is 0. The molecule has 0 fully saturated rings. The molecule has 0 radical (unpaired) electrons. The first-order valence-electron chi connectivity index (χ1n) is 2.56. The molecule has 0 amide bonds. The number of halogens is 1. The van der Waals surface area contributed by atoms with Crippen LogP contribution in [0.2, 0.25) is 17.1 Å². The molecule has 0 unspecified atom stereocenters. The van der Waals surface area contributed by atoms with E-state index in [-0.39, 0.29) is 28.9 Å². The molecule has 0 spiro atoms. The third-order valence-corrected chi connectivity index (χ3v) is 9.49. The Labute approximate surface area is 81.2 Å². The van der Waals surface area contributed by atoms with Crippen molar-refractivity contribution in [3.63, 3.8) is 0 Å². The van der Waals surface area contributed by atoms with E-state index in [0.29, 0.717) is 0 Å². The van der Waals surface area contributed by atoms with Gasteiger partial charge in [0.2, 0.25) is 0 Å². The molecule has 0 aliphatic rings. The Morgan fingerprint density at radius 2 is 1.60 bits per heavy atom. The van der Waals surface area contributed by atoms with Crippen LogP contribution in [0.3, 0.4) is 0 Å². The molecule has 0 atom stereocenters. The fourth-order valence-corrected chi connectivity index (χ4v) is 8.62. The van der Waals surface area contributed by atoms with Crippen LogP contribution in [0.1, 0.15) is 0 Å². The fraction of sp³-hybridized carbons (Fsp3) is 1.00. The molecule has 0 bridgehead atoms. The van der Waals surface area contributed by atoms with Crippen molar-refractivity contribution in [1.29, 1.82) is 0 Å². The number of hydrogen-bond acceptors (Lipinski definition) is 1. The Kier molecular flexibility index (Phi) is 6.24. The van der Waals surface area contributed by atoms with E-state index >= 15 is 0 Å². The third-order valence-electron chi connectivity index (χ3n) is 0.608. The minimum Gasteiger partial charge on any atom is -1.00 e. The molecule has 0 saturated carbocycles. The van der Waals surface area contributed by atoms with Gasteiger partial charge in [-0.15, -0.1) is 0 Å². The van der Waals surface area contributed by atoms with Crippen LogP contribution >= 0.6 is 7.60 Å². The van der Waals surface area contributed by atoms with Crippen LogP contribution in [0.25, 0.3) is 0 Å². The van der Waals surface area contributed by atoms with Crippen LogP contribution in [0.4, 0.5) is 0 Å². The predicted octanol–water partition coefficient (Wildman–Crippen LogP) is -1.95. The van der Waals surface area contributed by atoms with Crippen molar-refractivity contribution in [3.8, 4) is 0 Å². The Morgan fingerprint density at radius 1 is 1.30 bits per heavy atom. The summed E-state index contributed by atoms with van der Waals surface area (Å²) in [6, 6.07) is 0. The zero-order valence-corrected chi connectivity index (χ0v) is 11.2. The van der Waals surface area contributed by atoms with Crippen molar-refractivity contribution in [2.45, 2.75) is 17.1 Å². The molecule has 6 heteroatoms. The van der Waals surface area contributed by atoms with Crippen LogP contribution in [0.5, 0.6) is 0 Å². The van der Waals surface area contributed by atoms with Gasteiger partial charge in [-0.2, -0.15) is 0 Å². The average Bonchev–Trinajstić information content (AvgIpc) is 1.14. The zero-order chi connectivity index (χ0) is 7.71. The van der Waals surface area contributed by atoms with E-state index in [1.165, 1.54) is 0 Å². The zero-order valence-electron chi connectivity index (χ0n) is 6.28. The normalized spacial score (nSPS) is 12.5. The van der Waals surface area contributed by atoms with Crippen molar-refractivity contribution in [3.05, 3.63) is 0 Å². The molecule has 0 aliphatic heterocycles. The van der Waals surface area contributed by atoms with Crippen molar-refractivity contribution in [2.75, 3.05) is 4.95 Å². The van der Waals surface area contributed by atoms with Crippen LogP contribution in [-0.2, 0) is 4.57 Å². The summed E-state index contributed by atoms with van der Waals surface area (Å²) in [7, 11) is -3.71. The molecule has 3 nitrogen and oxygen atoms in total. The van der Waals surface area contributed by atoms with Gasteiger partial charge < -0.3 is 24.0 Å². The maximum Gasteiger partial charge on any atom is -1.00 e. The summed E-state index contributed by atoms with van der Waals surface area (Å²) < 4.78 is 10.4. The maximum atomic E-state index is 10.4. The van der Waals surface area contributed by atoms with E-state index in [1.807, 2.05) is 17.1 Å². The number of rotatable bonds is 2. The minimum atomic E-state index is -3.71. The van der Waals surface area contributed by atoms with Gasteiger partial charge in [0.1, 0.15) is 0 Å². The van der Waals surface area contributed by atoms with Crippen molar-refractivity contribution in [1.82, 2.24) is 0 Å². The summed E-state index contributed by atoms with van der Waals surface area (Å²) in [5.41, 5.74) is 5.91. The molecular formula is C4H13AsIO3P. The smallest absolute Gasteiger partial charge is 1.00 e. The van der Waals surface area contributed by atoms with E-state index in [4.69, 9.17) is 9.79 Å². The van der Waals surface area contributed by atoms with E-state index < -0.39 is 21.1 Å². The predicted molar refractivity (Wildman–Crippen MR) is 40.3 cm³/mol. The van der Waals surface area contributed by atoms with Crippen LogP contribution < -0.4 is 24.0 Å². The second kappa shape index (κ2) is 4.46. The van der Waals surface area contributed by atoms with Gasteiger partial charge in [0.15, 0.2) is 0 Å².